The van der Waals surface area contributed by atoms with Crippen LogP contribution < -0.4 is 10.7 Å². The van der Waals surface area contributed by atoms with Gasteiger partial charge < -0.3 is 10.1 Å². The number of benzene rings is 2. The lowest BCUT2D eigenvalue weighted by molar-refractivity contribution is -0.151. The fourth-order valence-corrected chi connectivity index (χ4v) is 3.25. The molecule has 3 amide bonds. The summed E-state index contributed by atoms with van der Waals surface area (Å²) < 4.78 is 43.9. The minimum atomic E-state index is -4.57. The molecular weight excluding hydrogens is 511 g/mol. The summed E-state index contributed by atoms with van der Waals surface area (Å²) in [5, 5.41) is 3.21. The number of anilines is 1. The third kappa shape index (κ3) is 6.54. The van der Waals surface area contributed by atoms with Gasteiger partial charge in [0.1, 0.15) is 0 Å². The van der Waals surface area contributed by atoms with E-state index in [1.165, 1.54) is 6.07 Å². The lowest BCUT2D eigenvalue weighted by Crippen LogP contribution is -2.43. The van der Waals surface area contributed by atoms with E-state index in [9.17, 15) is 32.3 Å². The third-order valence-electron chi connectivity index (χ3n) is 4.62. The molecule has 1 heterocycles. The van der Waals surface area contributed by atoms with Crippen molar-refractivity contribution >= 4 is 45.3 Å². The lowest BCUT2D eigenvalue weighted by atomic mass is 10.1. The highest BCUT2D eigenvalue weighted by atomic mass is 79.9. The Morgan fingerprint density at radius 3 is 2.48 bits per heavy atom. The third-order valence-corrected chi connectivity index (χ3v) is 5.15. The van der Waals surface area contributed by atoms with Gasteiger partial charge in [-0.3, -0.25) is 29.6 Å². The predicted molar refractivity (Wildman–Crippen MR) is 112 cm³/mol. The van der Waals surface area contributed by atoms with Gasteiger partial charge in [0.25, 0.3) is 11.8 Å². The average Bonchev–Trinajstić information content (AvgIpc) is 3.12. The van der Waals surface area contributed by atoms with Crippen molar-refractivity contribution in [3.8, 4) is 0 Å². The first-order valence-corrected chi connectivity index (χ1v) is 10.3. The van der Waals surface area contributed by atoms with E-state index in [0.29, 0.717) is 5.56 Å². The summed E-state index contributed by atoms with van der Waals surface area (Å²) in [6.07, 6.45) is -4.80. The molecule has 0 bridgehead atoms. The van der Waals surface area contributed by atoms with E-state index in [1.807, 2.05) is 0 Å². The zero-order valence-electron chi connectivity index (χ0n) is 16.8. The minimum absolute atomic E-state index is 0.108. The SMILES string of the molecule is O=C(COC(=O)[C@@H]1CC(=O)N(NC(=O)c2ccc(Br)cc2)C1)Nc1cccc(C(F)(F)F)c1. The minimum Gasteiger partial charge on any atom is -0.455 e. The molecule has 2 aromatic carbocycles. The highest BCUT2D eigenvalue weighted by Crippen LogP contribution is 2.30. The molecule has 1 aliphatic rings. The lowest BCUT2D eigenvalue weighted by Gasteiger charge is -2.17. The fourth-order valence-electron chi connectivity index (χ4n) is 2.99. The molecule has 1 aliphatic heterocycles. The van der Waals surface area contributed by atoms with Crippen LogP contribution in [0.3, 0.4) is 0 Å². The van der Waals surface area contributed by atoms with Gasteiger partial charge in [0.05, 0.1) is 18.0 Å². The Hall–Kier alpha value is -3.41. The van der Waals surface area contributed by atoms with Crippen molar-refractivity contribution in [3.05, 3.63) is 64.1 Å². The second kappa shape index (κ2) is 10.0. The van der Waals surface area contributed by atoms with Crippen LogP contribution in [0.15, 0.2) is 53.0 Å². The number of carbonyl (C=O) groups is 4. The Morgan fingerprint density at radius 2 is 1.82 bits per heavy atom. The van der Waals surface area contributed by atoms with Crippen LogP contribution in [0.2, 0.25) is 0 Å². The van der Waals surface area contributed by atoms with E-state index >= 15 is 0 Å². The summed E-state index contributed by atoms with van der Waals surface area (Å²) in [6.45, 7) is -0.889. The zero-order valence-corrected chi connectivity index (χ0v) is 18.4. The number of nitrogens with one attached hydrogen (secondary N) is 2. The summed E-state index contributed by atoms with van der Waals surface area (Å²) in [6, 6.07) is 10.4. The second-order valence-electron chi connectivity index (χ2n) is 7.09. The standard InChI is InChI=1S/C21H17BrF3N3O5/c22-15-6-4-12(5-7-15)19(31)27-28-10-13(8-18(28)30)20(32)33-11-17(29)26-16-3-1-2-14(9-16)21(23,24)25/h1-7,9,13H,8,10-11H2,(H,26,29)(H,27,31)/t13-/m1/s1. The van der Waals surface area contributed by atoms with Crippen molar-refractivity contribution < 1.29 is 37.1 Å². The molecule has 174 valence electrons. The molecule has 1 atom stereocenters. The molecule has 0 unspecified atom stereocenters. The molecule has 0 aliphatic carbocycles. The molecule has 0 aromatic heterocycles. The van der Waals surface area contributed by atoms with Crippen molar-refractivity contribution in [1.82, 2.24) is 10.4 Å². The number of hydrogen-bond donors (Lipinski definition) is 2. The number of alkyl halides is 3. The molecule has 1 fully saturated rings. The summed E-state index contributed by atoms with van der Waals surface area (Å²) in [7, 11) is 0. The van der Waals surface area contributed by atoms with Gasteiger partial charge in [-0.25, -0.2) is 0 Å². The Balaban J connectivity index is 1.49. The van der Waals surface area contributed by atoms with E-state index < -0.39 is 48.0 Å². The number of halogens is 4. The first-order chi connectivity index (χ1) is 15.5. The van der Waals surface area contributed by atoms with Gasteiger partial charge in [0.15, 0.2) is 6.61 Å². The fraction of sp³-hybridized carbons (Fsp3) is 0.238. The normalized spacial score (nSPS) is 15.8. The topological polar surface area (TPSA) is 105 Å². The van der Waals surface area contributed by atoms with Crippen LogP contribution in [0.25, 0.3) is 0 Å². The largest absolute Gasteiger partial charge is 0.455 e. The predicted octanol–water partition coefficient (Wildman–Crippen LogP) is 3.14. The quantitative estimate of drug-likeness (QED) is 0.561. The van der Waals surface area contributed by atoms with Crippen LogP contribution in [0.1, 0.15) is 22.3 Å². The Bertz CT molecular complexity index is 1080. The number of nitrogens with zero attached hydrogens (tertiary/aromatic N) is 1. The molecule has 0 saturated carbocycles. The van der Waals surface area contributed by atoms with Gasteiger partial charge in [0, 0.05) is 22.1 Å². The molecule has 33 heavy (non-hydrogen) atoms. The smallest absolute Gasteiger partial charge is 0.416 e. The van der Waals surface area contributed by atoms with Crippen LogP contribution in [0, 0.1) is 5.92 Å². The number of hydrazine groups is 1. The Morgan fingerprint density at radius 1 is 1.12 bits per heavy atom. The van der Waals surface area contributed by atoms with Crippen LogP contribution in [-0.2, 0) is 25.3 Å². The van der Waals surface area contributed by atoms with Crippen LogP contribution in [0.5, 0.6) is 0 Å². The highest BCUT2D eigenvalue weighted by molar-refractivity contribution is 9.10. The van der Waals surface area contributed by atoms with Gasteiger partial charge >= 0.3 is 12.1 Å². The Labute approximate surface area is 194 Å². The summed E-state index contributed by atoms with van der Waals surface area (Å²) in [5.41, 5.74) is 1.68. The molecule has 2 aromatic rings. The summed E-state index contributed by atoms with van der Waals surface area (Å²) in [5.74, 6) is -3.64. The van der Waals surface area contributed by atoms with Crippen molar-refractivity contribution in [2.45, 2.75) is 12.6 Å². The molecule has 0 radical (unpaired) electrons. The van der Waals surface area contributed by atoms with Crippen LogP contribution in [-0.4, -0.2) is 41.9 Å². The van der Waals surface area contributed by atoms with Crippen molar-refractivity contribution in [1.29, 1.82) is 0 Å². The molecule has 12 heteroatoms. The van der Waals surface area contributed by atoms with Crippen LogP contribution >= 0.6 is 15.9 Å². The number of rotatable bonds is 6. The van der Waals surface area contributed by atoms with E-state index in [2.05, 4.69) is 26.7 Å². The number of carbonyl (C=O) groups excluding carboxylic acids is 4. The number of hydrogen-bond acceptors (Lipinski definition) is 5. The van der Waals surface area contributed by atoms with E-state index in [-0.39, 0.29) is 18.7 Å². The van der Waals surface area contributed by atoms with Crippen molar-refractivity contribution in [2.75, 3.05) is 18.5 Å². The van der Waals surface area contributed by atoms with Gasteiger partial charge in [0.2, 0.25) is 5.91 Å². The van der Waals surface area contributed by atoms with Gasteiger partial charge in [-0.1, -0.05) is 22.0 Å². The first kappa shape index (κ1) is 24.2. The average molecular weight is 528 g/mol. The van der Waals surface area contributed by atoms with Gasteiger partial charge in [-0.15, -0.1) is 0 Å². The first-order valence-electron chi connectivity index (χ1n) is 9.53. The molecule has 8 nitrogen and oxygen atoms in total. The van der Waals surface area contributed by atoms with Crippen molar-refractivity contribution in [2.24, 2.45) is 5.92 Å². The molecular formula is C21H17BrF3N3O5. The number of amides is 3. The van der Waals surface area contributed by atoms with Gasteiger partial charge in [-0.05, 0) is 42.5 Å². The maximum Gasteiger partial charge on any atom is 0.416 e. The van der Waals surface area contributed by atoms with E-state index in [0.717, 1.165) is 27.7 Å². The molecule has 2 N–H and O–H groups in total. The Kier molecular flexibility index (Phi) is 7.36. The van der Waals surface area contributed by atoms with Gasteiger partial charge in [-0.2, -0.15) is 13.2 Å². The number of esters is 1. The molecule has 1 saturated heterocycles. The zero-order chi connectivity index (χ0) is 24.2. The maximum absolute atomic E-state index is 12.7. The van der Waals surface area contributed by atoms with E-state index in [4.69, 9.17) is 4.74 Å². The molecule has 0 spiro atoms. The second-order valence-corrected chi connectivity index (χ2v) is 8.00. The number of ether oxygens (including phenoxy) is 1. The summed E-state index contributed by atoms with van der Waals surface area (Å²) in [4.78, 5) is 48.5. The summed E-state index contributed by atoms with van der Waals surface area (Å²) >= 11 is 3.25. The maximum atomic E-state index is 12.7. The monoisotopic (exact) mass is 527 g/mol. The van der Waals surface area contributed by atoms with E-state index in [1.54, 1.807) is 24.3 Å². The highest BCUT2D eigenvalue weighted by Gasteiger charge is 2.37. The molecule has 3 rings (SSSR count). The van der Waals surface area contributed by atoms with Crippen LogP contribution in [0.4, 0.5) is 18.9 Å². The van der Waals surface area contributed by atoms with Crippen molar-refractivity contribution in [3.63, 3.8) is 0 Å².